The van der Waals surface area contributed by atoms with E-state index in [1.165, 1.54) is 0 Å². The summed E-state index contributed by atoms with van der Waals surface area (Å²) in [7, 11) is -3.69. The Hall–Kier alpha value is -1.53. The molecule has 0 spiro atoms. The number of rotatable bonds is 6. The van der Waals surface area contributed by atoms with E-state index in [1.807, 2.05) is 19.9 Å². The van der Waals surface area contributed by atoms with Gasteiger partial charge in [-0.05, 0) is 59.1 Å². The normalized spacial score (nSPS) is 11.2. The molecule has 0 aliphatic rings. The van der Waals surface area contributed by atoms with Crippen molar-refractivity contribution >= 4 is 31.6 Å². The van der Waals surface area contributed by atoms with Crippen LogP contribution in [0.5, 0.6) is 5.75 Å². The third kappa shape index (κ3) is 4.01. The van der Waals surface area contributed by atoms with Crippen molar-refractivity contribution in [2.75, 3.05) is 11.3 Å². The quantitative estimate of drug-likeness (QED) is 0.806. The van der Waals surface area contributed by atoms with Crippen molar-refractivity contribution < 1.29 is 13.2 Å². The van der Waals surface area contributed by atoms with E-state index in [0.29, 0.717) is 22.5 Å². The number of halogens is 1. The molecule has 0 saturated carbocycles. The van der Waals surface area contributed by atoms with Gasteiger partial charge >= 0.3 is 0 Å². The molecular formula is C16H18BrNO3S. The summed E-state index contributed by atoms with van der Waals surface area (Å²) in [6, 6.07) is 12.1. The van der Waals surface area contributed by atoms with Crippen LogP contribution >= 0.6 is 15.9 Å². The maximum atomic E-state index is 12.6. The summed E-state index contributed by atoms with van der Waals surface area (Å²) in [5, 5.41) is 0. The van der Waals surface area contributed by atoms with Gasteiger partial charge in [-0.15, -0.1) is 0 Å². The van der Waals surface area contributed by atoms with Crippen LogP contribution in [0, 0.1) is 6.92 Å². The zero-order valence-corrected chi connectivity index (χ0v) is 14.9. The van der Waals surface area contributed by atoms with E-state index in [-0.39, 0.29) is 4.90 Å². The van der Waals surface area contributed by atoms with Crippen LogP contribution in [0.15, 0.2) is 51.8 Å². The first-order valence-electron chi connectivity index (χ1n) is 6.95. The Bertz CT molecular complexity index is 760. The molecule has 0 amide bonds. The maximum absolute atomic E-state index is 12.6. The summed E-state index contributed by atoms with van der Waals surface area (Å²) < 4.78 is 33.8. The summed E-state index contributed by atoms with van der Waals surface area (Å²) >= 11 is 3.31. The van der Waals surface area contributed by atoms with E-state index >= 15 is 0 Å². The monoisotopic (exact) mass is 383 g/mol. The first-order chi connectivity index (χ1) is 10.4. The molecule has 22 heavy (non-hydrogen) atoms. The number of hydrogen-bond donors (Lipinski definition) is 1. The molecule has 0 heterocycles. The Kier molecular flexibility index (Phi) is 5.47. The summed E-state index contributed by atoms with van der Waals surface area (Å²) in [5.74, 6) is 0.524. The number of nitrogens with one attached hydrogen (secondary N) is 1. The van der Waals surface area contributed by atoms with Crippen molar-refractivity contribution in [2.45, 2.75) is 25.2 Å². The summed E-state index contributed by atoms with van der Waals surface area (Å²) in [6.45, 7) is 4.44. The van der Waals surface area contributed by atoms with E-state index < -0.39 is 10.0 Å². The number of para-hydroxylation sites is 2. The van der Waals surface area contributed by atoms with Gasteiger partial charge < -0.3 is 4.74 Å². The molecule has 2 aromatic carbocycles. The zero-order chi connectivity index (χ0) is 16.2. The van der Waals surface area contributed by atoms with Crippen LogP contribution in [0.3, 0.4) is 0 Å². The average Bonchev–Trinajstić information content (AvgIpc) is 2.45. The highest BCUT2D eigenvalue weighted by atomic mass is 79.9. The Balaban J connectivity index is 2.33. The van der Waals surface area contributed by atoms with Gasteiger partial charge in [0.05, 0.1) is 12.3 Å². The molecule has 2 aromatic rings. The molecule has 0 aliphatic carbocycles. The van der Waals surface area contributed by atoms with Gasteiger partial charge in [-0.1, -0.05) is 25.1 Å². The summed E-state index contributed by atoms with van der Waals surface area (Å²) in [4.78, 5) is 0.198. The van der Waals surface area contributed by atoms with Crippen molar-refractivity contribution in [3.05, 3.63) is 52.5 Å². The highest BCUT2D eigenvalue weighted by Crippen LogP contribution is 2.29. The largest absolute Gasteiger partial charge is 0.491 e. The van der Waals surface area contributed by atoms with Crippen molar-refractivity contribution in [3.8, 4) is 5.75 Å². The lowest BCUT2D eigenvalue weighted by molar-refractivity contribution is 0.319. The number of ether oxygens (including phenoxy) is 1. The Labute approximate surface area is 139 Å². The van der Waals surface area contributed by atoms with Crippen LogP contribution in [-0.4, -0.2) is 15.0 Å². The SMILES string of the molecule is CCCOc1ccccc1NS(=O)(=O)c1ccc(C)cc1Br. The molecule has 0 unspecified atom stereocenters. The Morgan fingerprint density at radius 3 is 2.59 bits per heavy atom. The summed E-state index contributed by atoms with van der Waals surface area (Å²) in [5.41, 5.74) is 1.42. The van der Waals surface area contributed by atoms with Gasteiger partial charge in [-0.3, -0.25) is 4.72 Å². The topological polar surface area (TPSA) is 55.4 Å². The average molecular weight is 384 g/mol. The maximum Gasteiger partial charge on any atom is 0.263 e. The van der Waals surface area contributed by atoms with Gasteiger partial charge in [0, 0.05) is 4.47 Å². The lowest BCUT2D eigenvalue weighted by Gasteiger charge is -2.14. The lowest BCUT2D eigenvalue weighted by Crippen LogP contribution is -2.14. The van der Waals surface area contributed by atoms with E-state index in [2.05, 4.69) is 20.7 Å². The molecule has 0 bridgehead atoms. The highest BCUT2D eigenvalue weighted by Gasteiger charge is 2.19. The van der Waals surface area contributed by atoms with E-state index in [1.54, 1.807) is 36.4 Å². The second-order valence-corrected chi connectivity index (χ2v) is 7.39. The minimum Gasteiger partial charge on any atom is -0.491 e. The van der Waals surface area contributed by atoms with Gasteiger partial charge in [0.15, 0.2) is 0 Å². The molecule has 0 saturated heterocycles. The van der Waals surface area contributed by atoms with Crippen LogP contribution < -0.4 is 9.46 Å². The molecule has 2 rings (SSSR count). The van der Waals surface area contributed by atoms with Crippen molar-refractivity contribution in [2.24, 2.45) is 0 Å². The first-order valence-corrected chi connectivity index (χ1v) is 9.22. The molecule has 0 atom stereocenters. The first kappa shape index (κ1) is 16.8. The molecule has 6 heteroatoms. The number of anilines is 1. The standard InChI is InChI=1S/C16H18BrNO3S/c1-3-10-21-15-7-5-4-6-14(15)18-22(19,20)16-9-8-12(2)11-13(16)17/h4-9,11,18H,3,10H2,1-2H3. The molecule has 0 aromatic heterocycles. The third-order valence-electron chi connectivity index (χ3n) is 2.97. The van der Waals surface area contributed by atoms with Gasteiger partial charge in [0.1, 0.15) is 10.6 Å². The Morgan fingerprint density at radius 2 is 1.91 bits per heavy atom. The lowest BCUT2D eigenvalue weighted by atomic mass is 10.2. The minimum absolute atomic E-state index is 0.198. The van der Waals surface area contributed by atoms with Crippen molar-refractivity contribution in [3.63, 3.8) is 0 Å². The summed E-state index contributed by atoms with van der Waals surface area (Å²) in [6.07, 6.45) is 0.852. The number of sulfonamides is 1. The predicted octanol–water partition coefficient (Wildman–Crippen LogP) is 4.35. The van der Waals surface area contributed by atoms with Crippen molar-refractivity contribution in [1.82, 2.24) is 0 Å². The van der Waals surface area contributed by atoms with Crippen LogP contribution in [0.25, 0.3) is 0 Å². The third-order valence-corrected chi connectivity index (χ3v) is 5.31. The Morgan fingerprint density at radius 1 is 1.18 bits per heavy atom. The molecule has 4 nitrogen and oxygen atoms in total. The van der Waals surface area contributed by atoms with Crippen LogP contribution in [0.4, 0.5) is 5.69 Å². The molecule has 118 valence electrons. The highest BCUT2D eigenvalue weighted by molar-refractivity contribution is 9.10. The predicted molar refractivity (Wildman–Crippen MR) is 91.9 cm³/mol. The van der Waals surface area contributed by atoms with Crippen LogP contribution in [0.1, 0.15) is 18.9 Å². The van der Waals surface area contributed by atoms with Crippen LogP contribution in [-0.2, 0) is 10.0 Å². The second kappa shape index (κ2) is 7.15. The minimum atomic E-state index is -3.69. The van der Waals surface area contributed by atoms with Gasteiger partial charge in [0.25, 0.3) is 10.0 Å². The van der Waals surface area contributed by atoms with Gasteiger partial charge in [-0.2, -0.15) is 0 Å². The van der Waals surface area contributed by atoms with Gasteiger partial charge in [-0.25, -0.2) is 8.42 Å². The van der Waals surface area contributed by atoms with Gasteiger partial charge in [0.2, 0.25) is 0 Å². The van der Waals surface area contributed by atoms with E-state index in [0.717, 1.165) is 12.0 Å². The number of aryl methyl sites for hydroxylation is 1. The zero-order valence-electron chi connectivity index (χ0n) is 12.5. The molecule has 0 aliphatic heterocycles. The fourth-order valence-electron chi connectivity index (χ4n) is 1.91. The fourth-order valence-corrected chi connectivity index (χ4v) is 4.18. The van der Waals surface area contributed by atoms with E-state index in [9.17, 15) is 8.42 Å². The smallest absolute Gasteiger partial charge is 0.263 e. The fraction of sp³-hybridized carbons (Fsp3) is 0.250. The molecule has 0 fully saturated rings. The van der Waals surface area contributed by atoms with Crippen LogP contribution in [0.2, 0.25) is 0 Å². The molecular weight excluding hydrogens is 366 g/mol. The number of benzene rings is 2. The van der Waals surface area contributed by atoms with Crippen molar-refractivity contribution in [1.29, 1.82) is 0 Å². The van der Waals surface area contributed by atoms with E-state index in [4.69, 9.17) is 4.74 Å². The molecule has 0 radical (unpaired) electrons. The second-order valence-electron chi connectivity index (χ2n) is 4.88. The number of hydrogen-bond acceptors (Lipinski definition) is 3. The molecule has 1 N–H and O–H groups in total.